The predicted molar refractivity (Wildman–Crippen MR) is 150 cm³/mol. The third-order valence-corrected chi connectivity index (χ3v) is 6.20. The molecule has 0 saturated heterocycles. The summed E-state index contributed by atoms with van der Waals surface area (Å²) in [6, 6.07) is 28.3. The largest absolute Gasteiger partial charge is 0.507 e. The van der Waals surface area contributed by atoms with E-state index in [0.717, 1.165) is 16.7 Å². The molecular formula is C31H21N5O4. The van der Waals surface area contributed by atoms with Crippen LogP contribution in [-0.4, -0.2) is 37.4 Å². The van der Waals surface area contributed by atoms with Crippen molar-refractivity contribution in [3.8, 4) is 23.2 Å². The number of ether oxygens (including phenoxy) is 1. The third kappa shape index (κ3) is 4.85. The van der Waals surface area contributed by atoms with Gasteiger partial charge in [-0.05, 0) is 42.5 Å². The van der Waals surface area contributed by atoms with Crippen LogP contribution < -0.4 is 0 Å². The van der Waals surface area contributed by atoms with Crippen LogP contribution in [0.2, 0.25) is 0 Å². The summed E-state index contributed by atoms with van der Waals surface area (Å²) in [7, 11) is 0. The highest BCUT2D eigenvalue weighted by Crippen LogP contribution is 2.30. The summed E-state index contributed by atoms with van der Waals surface area (Å²) in [5.74, 6) is -0.384. The summed E-state index contributed by atoms with van der Waals surface area (Å²) in [4.78, 5) is 19.9. The quantitative estimate of drug-likeness (QED) is 0.109. The fraction of sp³-hybridized carbons (Fsp3) is 0.0323. The second-order valence-corrected chi connectivity index (χ2v) is 8.84. The Morgan fingerprint density at radius 1 is 1.07 bits per heavy atom. The minimum absolute atomic E-state index is 0.107. The molecule has 3 heterocycles. The maximum Gasteiger partial charge on any atom is 0.331 e. The number of hydrogen-bond donors (Lipinski definition) is 2. The van der Waals surface area contributed by atoms with E-state index in [4.69, 9.17) is 14.3 Å². The first-order chi connectivity index (χ1) is 19.6. The highest BCUT2D eigenvalue weighted by Gasteiger charge is 2.17. The Morgan fingerprint density at radius 3 is 2.65 bits per heavy atom. The molecule has 0 aliphatic heterocycles. The van der Waals surface area contributed by atoms with Crippen molar-refractivity contribution in [3.05, 3.63) is 114 Å². The Kier molecular flexibility index (Phi) is 6.40. The number of aliphatic hydroxyl groups is 1. The zero-order valence-electron chi connectivity index (χ0n) is 21.0. The maximum atomic E-state index is 12.6. The van der Waals surface area contributed by atoms with Crippen LogP contribution in [0.3, 0.4) is 0 Å². The van der Waals surface area contributed by atoms with Gasteiger partial charge in [-0.15, -0.1) is 0 Å². The maximum absolute atomic E-state index is 12.6. The van der Waals surface area contributed by atoms with Crippen molar-refractivity contribution < 1.29 is 19.1 Å². The number of carbonyl (C=O) groups is 1. The number of nitrogens with one attached hydrogen (secondary N) is 1. The molecule has 3 aromatic carbocycles. The first-order valence-corrected chi connectivity index (χ1v) is 12.4. The van der Waals surface area contributed by atoms with Gasteiger partial charge in [-0.1, -0.05) is 48.5 Å². The number of H-pyrrole nitrogens is 1. The number of aromatic amines is 1. The number of para-hydroxylation sites is 4. The molecule has 0 radical (unpaired) electrons. The number of carbonyl (C=O) groups excluding carboxylic acids is 1. The Balaban J connectivity index is 1.24. The standard InChI is InChI=1S/C31H21N5O4/c32-17-23(31-33-24-11-5-6-12-25(24)34-31)26(37)19-39-29(38)15-14-21-18-36(22-9-2-1-3-10-22)35-30(21)28-16-20-8-4-7-13-27(20)40-28/h1-16,18,37H,19H2,(H,33,34)/b15-14?,26-23-. The molecule has 40 heavy (non-hydrogen) atoms. The number of aliphatic hydroxyl groups excluding tert-OH is 1. The molecule has 0 bridgehead atoms. The number of benzene rings is 3. The van der Waals surface area contributed by atoms with Crippen molar-refractivity contribution in [1.29, 1.82) is 5.26 Å². The Bertz CT molecular complexity index is 1890. The minimum atomic E-state index is -0.712. The van der Waals surface area contributed by atoms with Gasteiger partial charge in [-0.3, -0.25) is 0 Å². The molecule has 9 heteroatoms. The lowest BCUT2D eigenvalue weighted by atomic mass is 10.2. The number of allylic oxidation sites excluding steroid dienone is 1. The van der Waals surface area contributed by atoms with Crippen molar-refractivity contribution in [2.75, 3.05) is 6.61 Å². The van der Waals surface area contributed by atoms with Crippen LogP contribution >= 0.6 is 0 Å². The second-order valence-electron chi connectivity index (χ2n) is 8.84. The normalized spacial score (nSPS) is 12.1. The van der Waals surface area contributed by atoms with Gasteiger partial charge in [-0.2, -0.15) is 10.4 Å². The predicted octanol–water partition coefficient (Wildman–Crippen LogP) is 6.21. The van der Waals surface area contributed by atoms with Crippen molar-refractivity contribution in [2.45, 2.75) is 0 Å². The van der Waals surface area contributed by atoms with Gasteiger partial charge in [0.15, 0.2) is 17.3 Å². The smallest absolute Gasteiger partial charge is 0.331 e. The minimum Gasteiger partial charge on any atom is -0.507 e. The van der Waals surface area contributed by atoms with Gasteiger partial charge in [0.1, 0.15) is 29.5 Å². The number of imidazole rings is 1. The summed E-state index contributed by atoms with van der Waals surface area (Å²) in [5, 5.41) is 25.7. The number of aromatic nitrogens is 4. The SMILES string of the molecule is N#C/C(=C(/O)COC(=O)C=Cc1cn(-c2ccccc2)nc1-c1cc2ccccc2o1)c1nc2ccccc2[nH]1. The van der Waals surface area contributed by atoms with Crippen LogP contribution in [0.4, 0.5) is 0 Å². The van der Waals surface area contributed by atoms with E-state index < -0.39 is 18.3 Å². The zero-order valence-corrected chi connectivity index (χ0v) is 21.0. The highest BCUT2D eigenvalue weighted by molar-refractivity contribution is 5.90. The third-order valence-electron chi connectivity index (χ3n) is 6.20. The molecule has 0 aliphatic rings. The monoisotopic (exact) mass is 527 g/mol. The van der Waals surface area contributed by atoms with Crippen LogP contribution in [0.1, 0.15) is 11.4 Å². The van der Waals surface area contributed by atoms with Gasteiger partial charge in [0, 0.05) is 23.2 Å². The zero-order chi connectivity index (χ0) is 27.5. The van der Waals surface area contributed by atoms with Crippen LogP contribution in [0.15, 0.2) is 107 Å². The van der Waals surface area contributed by atoms with Crippen molar-refractivity contribution in [2.24, 2.45) is 0 Å². The summed E-state index contributed by atoms with van der Waals surface area (Å²) >= 11 is 0. The summed E-state index contributed by atoms with van der Waals surface area (Å²) in [6.45, 7) is -0.497. The molecule has 0 unspecified atom stereocenters. The lowest BCUT2D eigenvalue weighted by molar-refractivity contribution is -0.137. The van der Waals surface area contributed by atoms with Gasteiger partial charge < -0.3 is 19.2 Å². The Hall–Kier alpha value is -5.88. The number of nitrogens with zero attached hydrogens (tertiary/aromatic N) is 4. The van der Waals surface area contributed by atoms with Gasteiger partial charge in [0.05, 0.1) is 16.7 Å². The van der Waals surface area contributed by atoms with E-state index >= 15 is 0 Å². The lowest BCUT2D eigenvalue weighted by Crippen LogP contribution is -2.06. The van der Waals surface area contributed by atoms with E-state index in [1.165, 1.54) is 6.08 Å². The van der Waals surface area contributed by atoms with Crippen LogP contribution in [0, 0.1) is 11.3 Å². The van der Waals surface area contributed by atoms with Crippen LogP contribution in [0.25, 0.3) is 50.8 Å². The molecule has 0 amide bonds. The van der Waals surface area contributed by atoms with E-state index in [1.54, 1.807) is 23.0 Å². The van der Waals surface area contributed by atoms with Crippen LogP contribution in [0.5, 0.6) is 0 Å². The van der Waals surface area contributed by atoms with E-state index in [0.29, 0.717) is 28.1 Å². The van der Waals surface area contributed by atoms with E-state index in [2.05, 4.69) is 9.97 Å². The second kappa shape index (κ2) is 10.5. The van der Waals surface area contributed by atoms with Crippen molar-refractivity contribution in [3.63, 3.8) is 0 Å². The molecule has 6 aromatic rings. The van der Waals surface area contributed by atoms with Gasteiger partial charge >= 0.3 is 5.97 Å². The number of nitriles is 1. The summed E-state index contributed by atoms with van der Waals surface area (Å²) < 4.78 is 12.9. The van der Waals surface area contributed by atoms with Gasteiger partial charge in [0.25, 0.3) is 0 Å². The molecule has 9 nitrogen and oxygen atoms in total. The highest BCUT2D eigenvalue weighted by atomic mass is 16.5. The van der Waals surface area contributed by atoms with Gasteiger partial charge in [0.2, 0.25) is 0 Å². The molecule has 0 atom stereocenters. The van der Waals surface area contributed by atoms with E-state index in [1.807, 2.05) is 84.9 Å². The molecule has 0 spiro atoms. The fourth-order valence-electron chi connectivity index (χ4n) is 4.26. The summed E-state index contributed by atoms with van der Waals surface area (Å²) in [6.07, 6.45) is 4.59. The number of fused-ring (bicyclic) bond motifs is 2. The van der Waals surface area contributed by atoms with E-state index in [-0.39, 0.29) is 11.4 Å². The first-order valence-electron chi connectivity index (χ1n) is 12.4. The van der Waals surface area contributed by atoms with E-state index in [9.17, 15) is 15.2 Å². The Morgan fingerprint density at radius 2 is 1.85 bits per heavy atom. The molecule has 0 fully saturated rings. The first kappa shape index (κ1) is 24.5. The number of rotatable bonds is 7. The molecular weight excluding hydrogens is 506 g/mol. The average molecular weight is 528 g/mol. The lowest BCUT2D eigenvalue weighted by Gasteiger charge is -2.03. The average Bonchev–Trinajstić information content (AvgIpc) is 3.72. The van der Waals surface area contributed by atoms with Crippen LogP contribution in [-0.2, 0) is 9.53 Å². The molecule has 3 aromatic heterocycles. The van der Waals surface area contributed by atoms with Crippen molar-refractivity contribution in [1.82, 2.24) is 19.7 Å². The number of hydrogen-bond acceptors (Lipinski definition) is 7. The topological polar surface area (TPSA) is 130 Å². The Labute approximate surface area is 227 Å². The molecule has 0 aliphatic carbocycles. The molecule has 2 N–H and O–H groups in total. The van der Waals surface area contributed by atoms with Crippen molar-refractivity contribution >= 4 is 39.6 Å². The molecule has 0 saturated carbocycles. The number of esters is 1. The van der Waals surface area contributed by atoms with Gasteiger partial charge in [-0.25, -0.2) is 14.5 Å². The fourth-order valence-corrected chi connectivity index (χ4v) is 4.26. The molecule has 6 rings (SSSR count). The number of furan rings is 1. The summed E-state index contributed by atoms with van der Waals surface area (Å²) in [5.41, 5.74) is 3.99. The molecule has 194 valence electrons.